The Morgan fingerprint density at radius 1 is 0.594 bits per heavy atom. The Balaban J connectivity index is 0.000000160. The second-order valence-corrected chi connectivity index (χ2v) is 23.2. The van der Waals surface area contributed by atoms with E-state index in [0.29, 0.717) is 19.3 Å². The number of carbonyl (C=O) groups excluding carboxylic acids is 2. The first kappa shape index (κ1) is 51.7. The van der Waals surface area contributed by atoms with E-state index in [1.54, 1.807) is 0 Å². The third-order valence-corrected chi connectivity index (χ3v) is 17.6. The highest BCUT2D eigenvalue weighted by atomic mass is 32.2. The van der Waals surface area contributed by atoms with Gasteiger partial charge in [-0.15, -0.1) is 0 Å². The molecule has 4 aliphatic rings. The van der Waals surface area contributed by atoms with Crippen LogP contribution in [0.2, 0.25) is 0 Å². The Bertz CT molecular complexity index is 2380. The third-order valence-electron chi connectivity index (χ3n) is 11.8. The van der Waals surface area contributed by atoms with Crippen LogP contribution in [-0.2, 0) is 60.3 Å². The largest absolute Gasteiger partial charge is 0.691 e. The lowest BCUT2D eigenvalue weighted by Gasteiger charge is -2.60. The van der Waals surface area contributed by atoms with Crippen LogP contribution in [0.1, 0.15) is 38.5 Å². The van der Waals surface area contributed by atoms with Gasteiger partial charge in [0.25, 0.3) is 0 Å². The molecule has 4 fully saturated rings. The summed E-state index contributed by atoms with van der Waals surface area (Å²) in [5.41, 5.74) is -2.46. The molecule has 4 bridgehead atoms. The first-order valence-corrected chi connectivity index (χ1v) is 26.2. The van der Waals surface area contributed by atoms with Gasteiger partial charge in [0.2, 0.25) is 0 Å². The number of benzene rings is 6. The summed E-state index contributed by atoms with van der Waals surface area (Å²) in [4.78, 5) is 31.7. The molecule has 69 heavy (non-hydrogen) atoms. The molecule has 2 unspecified atom stereocenters. The summed E-state index contributed by atoms with van der Waals surface area (Å²) in [6.45, 7) is -0.540. The predicted molar refractivity (Wildman–Crippen MR) is 251 cm³/mol. The second kappa shape index (κ2) is 22.7. The molecule has 6 aromatic carbocycles. The Morgan fingerprint density at radius 3 is 1.23 bits per heavy atom. The zero-order chi connectivity index (χ0) is 49.1. The van der Waals surface area contributed by atoms with E-state index >= 15 is 0 Å². The normalized spacial score (nSPS) is 20.5. The highest BCUT2D eigenvalue weighted by molar-refractivity contribution is 7.97. The van der Waals surface area contributed by atoms with Gasteiger partial charge in [-0.25, -0.2) is 9.59 Å². The van der Waals surface area contributed by atoms with Crippen molar-refractivity contribution in [3.05, 3.63) is 182 Å². The number of hydrogen-bond acceptors (Lipinski definition) is 10. The molecule has 10 rings (SSSR count). The van der Waals surface area contributed by atoms with Gasteiger partial charge in [-0.3, -0.25) is 9.59 Å². The smallest absolute Gasteiger partial charge is 0.465 e. The fourth-order valence-electron chi connectivity index (χ4n) is 9.56. The lowest BCUT2D eigenvalue weighted by atomic mass is 9.48. The molecule has 0 spiro atoms. The van der Waals surface area contributed by atoms with Crippen molar-refractivity contribution in [1.82, 2.24) is 0 Å². The summed E-state index contributed by atoms with van der Waals surface area (Å²) in [6.07, 6.45) is 1.62. The SMILES string of the molecule is O=C(OCC12CC3CC(C1)CC(OC(=O)C(F)(F)S(=O)(=O)O)(C3)C2)C(F)(F)SOO[O-].c1ccc([S+](c2ccccc2)c2ccccc2)cc1.c1ccc([S+](c2ccccc2)c2ccccc2)cc1. The van der Waals surface area contributed by atoms with Crippen molar-refractivity contribution in [2.24, 2.45) is 17.3 Å². The van der Waals surface area contributed by atoms with E-state index in [1.807, 2.05) is 0 Å². The molecule has 2 atom stereocenters. The highest BCUT2D eigenvalue weighted by Crippen LogP contribution is 2.63. The van der Waals surface area contributed by atoms with Gasteiger partial charge in [-0.05, 0) is 123 Å². The number of rotatable bonds is 15. The molecule has 0 aliphatic heterocycles. The summed E-state index contributed by atoms with van der Waals surface area (Å²) in [7, 11) is -6.08. The van der Waals surface area contributed by atoms with Gasteiger partial charge < -0.3 is 14.7 Å². The number of alkyl halides is 4. The van der Waals surface area contributed by atoms with Crippen LogP contribution < -0.4 is 5.26 Å². The number of hydrogen-bond donors (Lipinski definition) is 1. The van der Waals surface area contributed by atoms with E-state index < -0.39 is 62.2 Å². The Labute approximate surface area is 407 Å². The summed E-state index contributed by atoms with van der Waals surface area (Å²) in [6, 6.07) is 64.3. The summed E-state index contributed by atoms with van der Waals surface area (Å²) in [5, 5.41) is 3.01. The zero-order valence-electron chi connectivity index (χ0n) is 36.7. The van der Waals surface area contributed by atoms with Crippen molar-refractivity contribution in [2.45, 2.75) is 84.0 Å². The van der Waals surface area contributed by atoms with Gasteiger partial charge >= 0.3 is 32.6 Å². The predicted octanol–water partition coefficient (Wildman–Crippen LogP) is 10.9. The quantitative estimate of drug-likeness (QED) is 0.0199. The summed E-state index contributed by atoms with van der Waals surface area (Å²) < 4.78 is 97.8. The van der Waals surface area contributed by atoms with E-state index in [1.165, 1.54) is 29.4 Å². The van der Waals surface area contributed by atoms with Crippen LogP contribution in [0.25, 0.3) is 0 Å². The summed E-state index contributed by atoms with van der Waals surface area (Å²) in [5.74, 6) is -4.76. The molecule has 0 radical (unpaired) electrons. The number of ether oxygens (including phenoxy) is 2. The highest BCUT2D eigenvalue weighted by Gasteiger charge is 2.63. The fraction of sp³-hybridized carbons (Fsp3) is 0.255. The molecule has 4 saturated carbocycles. The molecule has 4 aliphatic carbocycles. The molecule has 0 saturated heterocycles. The molecular formula is C51H47F4O10S4+. The van der Waals surface area contributed by atoms with Crippen molar-refractivity contribution < 1.29 is 64.2 Å². The van der Waals surface area contributed by atoms with Crippen LogP contribution in [0.5, 0.6) is 0 Å². The molecule has 6 aromatic rings. The molecule has 0 heterocycles. The van der Waals surface area contributed by atoms with Crippen molar-refractivity contribution in [3.8, 4) is 0 Å². The van der Waals surface area contributed by atoms with Crippen LogP contribution in [-0.4, -0.2) is 47.6 Å². The average molecular weight is 1020 g/mol. The minimum atomic E-state index is -6.05. The molecule has 362 valence electrons. The lowest BCUT2D eigenvalue weighted by molar-refractivity contribution is -0.777. The molecule has 0 amide bonds. The third kappa shape index (κ3) is 13.0. The van der Waals surface area contributed by atoms with Gasteiger partial charge in [0, 0.05) is 5.41 Å². The lowest BCUT2D eigenvalue weighted by Crippen LogP contribution is -2.60. The van der Waals surface area contributed by atoms with E-state index in [-0.39, 0.29) is 52.9 Å². The maximum absolute atomic E-state index is 13.7. The van der Waals surface area contributed by atoms with Gasteiger partial charge in [0.05, 0.1) is 28.4 Å². The topological polar surface area (TPSA) is 148 Å². The van der Waals surface area contributed by atoms with Crippen molar-refractivity contribution in [3.63, 3.8) is 0 Å². The van der Waals surface area contributed by atoms with Crippen LogP contribution in [0, 0.1) is 17.3 Å². The minimum Gasteiger partial charge on any atom is -0.691 e. The number of carbonyl (C=O) groups is 2. The van der Waals surface area contributed by atoms with Crippen LogP contribution in [0.3, 0.4) is 0 Å². The summed E-state index contributed by atoms with van der Waals surface area (Å²) >= 11 is -0.859. The monoisotopic (exact) mass is 1020 g/mol. The maximum atomic E-state index is 13.7. The van der Waals surface area contributed by atoms with E-state index in [2.05, 4.69) is 196 Å². The van der Waals surface area contributed by atoms with E-state index in [4.69, 9.17) is 9.29 Å². The van der Waals surface area contributed by atoms with Crippen molar-refractivity contribution >= 4 is 55.9 Å². The molecule has 1 N–H and O–H groups in total. The van der Waals surface area contributed by atoms with Crippen LogP contribution in [0.4, 0.5) is 17.6 Å². The van der Waals surface area contributed by atoms with Crippen molar-refractivity contribution in [2.75, 3.05) is 6.61 Å². The van der Waals surface area contributed by atoms with Crippen molar-refractivity contribution in [1.29, 1.82) is 0 Å². The number of esters is 2. The van der Waals surface area contributed by atoms with Crippen LogP contribution in [0.15, 0.2) is 211 Å². The Morgan fingerprint density at radius 2 is 0.928 bits per heavy atom. The number of halogens is 4. The Kier molecular flexibility index (Phi) is 17.0. The molecule has 18 heteroatoms. The molecule has 10 nitrogen and oxygen atoms in total. The molecule has 0 aromatic heterocycles. The first-order chi connectivity index (χ1) is 33.0. The minimum absolute atomic E-state index is 0.0146. The average Bonchev–Trinajstić information content (AvgIpc) is 3.34. The van der Waals surface area contributed by atoms with E-state index in [9.17, 15) is 40.8 Å². The Hall–Kier alpha value is -5.18. The van der Waals surface area contributed by atoms with Gasteiger partial charge in [-0.2, -0.15) is 30.3 Å². The van der Waals surface area contributed by atoms with Gasteiger partial charge in [0.1, 0.15) is 17.6 Å². The maximum Gasteiger partial charge on any atom is 0.465 e. The zero-order valence-corrected chi connectivity index (χ0v) is 40.0. The first-order valence-electron chi connectivity index (χ1n) is 21.6. The standard InChI is InChI=1S/2C18H15S.C15H18F4O10S2/c2*1-4-10-16(11-5-1)19(17-12-6-2-7-13-17)18-14-8-3-9-15-18;16-14(17,30-29-28-22)10(20)26-7-12-2-8-1-9(3-12)5-13(4-8,6-12)27-11(21)15(18,19)31(23,24)25/h2*1-15H;8-9,22H,1-7H2,(H,23,24,25)/q2*+1;/p-1. The van der Waals surface area contributed by atoms with E-state index in [0.717, 1.165) is 0 Å². The fourth-order valence-corrected chi connectivity index (χ4v) is 14.3. The van der Waals surface area contributed by atoms with Crippen LogP contribution >= 0.6 is 12.0 Å². The molecular weight excluding hydrogens is 977 g/mol. The second-order valence-electron chi connectivity index (χ2n) is 16.8. The van der Waals surface area contributed by atoms with Gasteiger partial charge in [0.15, 0.2) is 29.4 Å². The van der Waals surface area contributed by atoms with Gasteiger partial charge in [-0.1, -0.05) is 109 Å².